The van der Waals surface area contributed by atoms with Crippen molar-refractivity contribution in [1.29, 1.82) is 0 Å². The Hall–Kier alpha value is -3.57. The van der Waals surface area contributed by atoms with Gasteiger partial charge in [-0.15, -0.1) is 0 Å². The molecule has 3 aliphatic rings. The predicted octanol–water partition coefficient (Wildman–Crippen LogP) is 4.64. The smallest absolute Gasteiger partial charge is 0.253 e. The molecule has 11 heteroatoms. The first-order valence-electron chi connectivity index (χ1n) is 14.8. The number of methoxy groups -OCH3 is 1. The van der Waals surface area contributed by atoms with Crippen LogP contribution in [0.3, 0.4) is 0 Å². The van der Waals surface area contributed by atoms with Gasteiger partial charge in [-0.25, -0.2) is 14.4 Å². The van der Waals surface area contributed by atoms with Crippen LogP contribution in [0.5, 0.6) is 0 Å². The zero-order valence-corrected chi connectivity index (χ0v) is 23.6. The maximum absolute atomic E-state index is 14.2. The molecule has 5 heterocycles. The number of ether oxygens (including phenoxy) is 1. The first-order chi connectivity index (χ1) is 20.1. The molecule has 218 valence electrons. The van der Waals surface area contributed by atoms with Crippen molar-refractivity contribution in [3.8, 4) is 0 Å². The van der Waals surface area contributed by atoms with Gasteiger partial charge in [0.05, 0.1) is 17.2 Å². The lowest BCUT2D eigenvalue weighted by molar-refractivity contribution is 0.0913. The van der Waals surface area contributed by atoms with Crippen molar-refractivity contribution in [2.24, 2.45) is 0 Å². The molecule has 1 aliphatic carbocycles. The second-order valence-corrected chi connectivity index (χ2v) is 11.3. The summed E-state index contributed by atoms with van der Waals surface area (Å²) in [4.78, 5) is 29.2. The molecule has 1 saturated heterocycles. The number of rotatable bonds is 7. The van der Waals surface area contributed by atoms with Crippen molar-refractivity contribution in [3.63, 3.8) is 0 Å². The van der Waals surface area contributed by atoms with E-state index in [1.165, 1.54) is 12.8 Å². The van der Waals surface area contributed by atoms with Gasteiger partial charge in [-0.2, -0.15) is 4.98 Å². The molecule has 41 heavy (non-hydrogen) atoms. The molecular formula is C30H39FN8O2. The van der Waals surface area contributed by atoms with Crippen LogP contribution in [0.4, 0.5) is 22.0 Å². The summed E-state index contributed by atoms with van der Waals surface area (Å²) in [6, 6.07) is 4.36. The van der Waals surface area contributed by atoms with Gasteiger partial charge in [-0.05, 0) is 57.3 Å². The Morgan fingerprint density at radius 2 is 1.95 bits per heavy atom. The van der Waals surface area contributed by atoms with E-state index in [1.54, 1.807) is 31.6 Å². The van der Waals surface area contributed by atoms with Crippen LogP contribution in [-0.4, -0.2) is 70.9 Å². The van der Waals surface area contributed by atoms with E-state index in [4.69, 9.17) is 9.72 Å². The molecule has 2 aliphatic heterocycles. The topological polar surface area (TPSA) is 109 Å². The van der Waals surface area contributed by atoms with E-state index in [0.29, 0.717) is 55.1 Å². The standard InChI is InChI=1S/C30H39FN8O2/c1-41-23-10-15-38(14-9-20(31)16-23)30-33-13-8-27(37-30)36-28-17-26-24(18-34-28)25(19-39(26)22-4-2-3-5-22)29(40)35-21-6-11-32-12-7-21/h8-9,13,17-19,21-23,32H,2-7,10-12,14-16H2,1H3,(H,35,40)(H,33,34,36,37)/b20-9+/t23-/m1/s1. The molecule has 0 bridgehead atoms. The Kier molecular flexibility index (Phi) is 8.43. The molecule has 1 amide bonds. The van der Waals surface area contributed by atoms with Crippen LogP contribution in [0.15, 0.2) is 42.6 Å². The molecule has 3 N–H and O–H groups in total. The maximum Gasteiger partial charge on any atom is 0.253 e. The first-order valence-corrected chi connectivity index (χ1v) is 14.8. The minimum Gasteiger partial charge on any atom is -0.381 e. The molecule has 2 fully saturated rings. The van der Waals surface area contributed by atoms with Crippen LogP contribution in [-0.2, 0) is 4.74 Å². The number of aromatic nitrogens is 4. The number of nitrogens with one attached hydrogen (secondary N) is 3. The van der Waals surface area contributed by atoms with Crippen molar-refractivity contribution >= 4 is 34.4 Å². The van der Waals surface area contributed by atoms with E-state index < -0.39 is 0 Å². The zero-order chi connectivity index (χ0) is 28.2. The molecule has 1 atom stereocenters. The third-order valence-corrected chi connectivity index (χ3v) is 8.55. The molecule has 0 unspecified atom stereocenters. The van der Waals surface area contributed by atoms with Crippen molar-refractivity contribution in [2.45, 2.75) is 69.6 Å². The van der Waals surface area contributed by atoms with E-state index in [-0.39, 0.29) is 23.9 Å². The molecule has 0 radical (unpaired) electrons. The summed E-state index contributed by atoms with van der Waals surface area (Å²) >= 11 is 0. The van der Waals surface area contributed by atoms with E-state index >= 15 is 0 Å². The number of halogens is 1. The normalized spacial score (nSPS) is 22.2. The monoisotopic (exact) mass is 562 g/mol. The van der Waals surface area contributed by atoms with Crippen molar-refractivity contribution < 1.29 is 13.9 Å². The Morgan fingerprint density at radius 3 is 2.76 bits per heavy atom. The number of hydrogen-bond acceptors (Lipinski definition) is 8. The molecule has 10 nitrogen and oxygen atoms in total. The second kappa shape index (κ2) is 12.5. The van der Waals surface area contributed by atoms with Gasteiger partial charge in [0.25, 0.3) is 5.91 Å². The number of nitrogens with zero attached hydrogens (tertiary/aromatic N) is 5. The van der Waals surface area contributed by atoms with Gasteiger partial charge < -0.3 is 30.2 Å². The zero-order valence-electron chi connectivity index (χ0n) is 23.6. The van der Waals surface area contributed by atoms with Crippen LogP contribution < -0.4 is 20.9 Å². The Bertz CT molecular complexity index is 1400. The molecule has 0 aromatic carbocycles. The first kappa shape index (κ1) is 27.6. The van der Waals surface area contributed by atoms with Crippen molar-refractivity contribution in [1.82, 2.24) is 30.2 Å². The summed E-state index contributed by atoms with van der Waals surface area (Å²) in [7, 11) is 1.61. The average Bonchev–Trinajstić information content (AvgIpc) is 3.64. The Labute approximate surface area is 239 Å². The highest BCUT2D eigenvalue weighted by molar-refractivity contribution is 6.07. The minimum absolute atomic E-state index is 0.0314. The van der Waals surface area contributed by atoms with Crippen LogP contribution in [0, 0.1) is 0 Å². The van der Waals surface area contributed by atoms with Gasteiger partial charge in [0.1, 0.15) is 17.5 Å². The Morgan fingerprint density at radius 1 is 1.12 bits per heavy atom. The van der Waals surface area contributed by atoms with E-state index in [2.05, 4.69) is 30.5 Å². The fourth-order valence-corrected chi connectivity index (χ4v) is 6.19. The molecule has 6 rings (SSSR count). The highest BCUT2D eigenvalue weighted by Gasteiger charge is 2.25. The lowest BCUT2D eigenvalue weighted by Gasteiger charge is -2.26. The molecule has 3 aromatic heterocycles. The number of pyridine rings is 1. The van der Waals surface area contributed by atoms with Gasteiger partial charge in [-0.3, -0.25) is 4.79 Å². The lowest BCUT2D eigenvalue weighted by atomic mass is 10.1. The number of anilines is 3. The van der Waals surface area contributed by atoms with Crippen molar-refractivity contribution in [3.05, 3.63) is 48.2 Å². The molecule has 3 aromatic rings. The van der Waals surface area contributed by atoms with Gasteiger partial charge in [-0.1, -0.05) is 12.8 Å². The van der Waals surface area contributed by atoms with Crippen LogP contribution >= 0.6 is 0 Å². The number of amides is 1. The third-order valence-electron chi connectivity index (χ3n) is 8.55. The summed E-state index contributed by atoms with van der Waals surface area (Å²) in [6.07, 6.45) is 14.4. The SMILES string of the molecule is CO[C@@H]1CCN(c2nccc(Nc3cc4c(cn3)c(C(=O)NC3CCNCC3)cn4C3CCCC3)n2)C/C=C(/F)C1. The molecular weight excluding hydrogens is 523 g/mol. The lowest BCUT2D eigenvalue weighted by Crippen LogP contribution is -2.42. The quantitative estimate of drug-likeness (QED) is 0.382. The number of hydrogen-bond donors (Lipinski definition) is 3. The maximum atomic E-state index is 14.2. The highest BCUT2D eigenvalue weighted by atomic mass is 19.1. The van der Waals surface area contributed by atoms with Crippen molar-refractivity contribution in [2.75, 3.05) is 43.5 Å². The largest absolute Gasteiger partial charge is 0.381 e. The fraction of sp³-hybridized carbons (Fsp3) is 0.533. The summed E-state index contributed by atoms with van der Waals surface area (Å²) < 4.78 is 21.9. The van der Waals surface area contributed by atoms with Crippen LogP contribution in [0.25, 0.3) is 10.9 Å². The average molecular weight is 563 g/mol. The summed E-state index contributed by atoms with van der Waals surface area (Å²) in [5, 5.41) is 10.8. The number of fused-ring (bicyclic) bond motifs is 1. The van der Waals surface area contributed by atoms with Gasteiger partial charge >= 0.3 is 0 Å². The van der Waals surface area contributed by atoms with E-state index in [0.717, 1.165) is 49.7 Å². The Balaban J connectivity index is 1.25. The second-order valence-electron chi connectivity index (χ2n) is 11.3. The summed E-state index contributed by atoms with van der Waals surface area (Å²) in [5.74, 6) is 1.55. The predicted molar refractivity (Wildman–Crippen MR) is 157 cm³/mol. The van der Waals surface area contributed by atoms with Gasteiger partial charge in [0.2, 0.25) is 5.95 Å². The van der Waals surface area contributed by atoms with E-state index in [1.807, 2.05) is 17.2 Å². The van der Waals surface area contributed by atoms with Crippen LogP contribution in [0.2, 0.25) is 0 Å². The fourth-order valence-electron chi connectivity index (χ4n) is 6.19. The third kappa shape index (κ3) is 6.36. The van der Waals surface area contributed by atoms with Crippen LogP contribution in [0.1, 0.15) is 67.8 Å². The van der Waals surface area contributed by atoms with Gasteiger partial charge in [0.15, 0.2) is 0 Å². The minimum atomic E-state index is -0.178. The number of piperidine rings is 1. The number of carbonyl (C=O) groups excluding carboxylic acids is 1. The summed E-state index contributed by atoms with van der Waals surface area (Å²) in [5.41, 5.74) is 1.68. The highest BCUT2D eigenvalue weighted by Crippen LogP contribution is 2.35. The molecule has 0 spiro atoms. The molecule has 1 saturated carbocycles. The number of carbonyl (C=O) groups is 1. The summed E-state index contributed by atoms with van der Waals surface area (Å²) in [6.45, 7) is 2.91. The van der Waals surface area contributed by atoms with E-state index in [9.17, 15) is 9.18 Å². The van der Waals surface area contributed by atoms with Gasteiger partial charge in [0, 0.05) is 68.7 Å².